The SMILES string of the molecule is CNc1nccn1-c1cc(F)ccc1C. The lowest BCUT2D eigenvalue weighted by molar-refractivity contribution is 0.626. The predicted molar refractivity (Wildman–Crippen MR) is 57.8 cm³/mol. The van der Waals surface area contributed by atoms with Crippen LogP contribution in [0.2, 0.25) is 0 Å². The highest BCUT2D eigenvalue weighted by Gasteiger charge is 2.06. The van der Waals surface area contributed by atoms with E-state index in [1.807, 2.05) is 11.5 Å². The van der Waals surface area contributed by atoms with Crippen LogP contribution in [0.25, 0.3) is 5.69 Å². The largest absolute Gasteiger partial charge is 0.358 e. The molecule has 4 heteroatoms. The minimum Gasteiger partial charge on any atom is -0.358 e. The van der Waals surface area contributed by atoms with Crippen LogP contribution in [-0.2, 0) is 0 Å². The first-order valence-corrected chi connectivity index (χ1v) is 4.70. The predicted octanol–water partition coefficient (Wildman–Crippen LogP) is 2.36. The average molecular weight is 205 g/mol. The molecule has 78 valence electrons. The molecule has 1 aromatic carbocycles. The van der Waals surface area contributed by atoms with Gasteiger partial charge in [0.1, 0.15) is 5.82 Å². The van der Waals surface area contributed by atoms with Crippen LogP contribution in [0.3, 0.4) is 0 Å². The van der Waals surface area contributed by atoms with Gasteiger partial charge in [0.25, 0.3) is 0 Å². The number of nitrogens with one attached hydrogen (secondary N) is 1. The van der Waals surface area contributed by atoms with Crippen molar-refractivity contribution in [3.63, 3.8) is 0 Å². The zero-order valence-corrected chi connectivity index (χ0v) is 8.66. The number of rotatable bonds is 2. The van der Waals surface area contributed by atoms with E-state index in [-0.39, 0.29) is 5.82 Å². The molecule has 0 atom stereocenters. The second-order valence-corrected chi connectivity index (χ2v) is 3.30. The molecule has 1 heterocycles. The Balaban J connectivity index is 2.58. The zero-order chi connectivity index (χ0) is 10.8. The van der Waals surface area contributed by atoms with Crippen molar-refractivity contribution in [1.29, 1.82) is 0 Å². The topological polar surface area (TPSA) is 29.9 Å². The summed E-state index contributed by atoms with van der Waals surface area (Å²) in [7, 11) is 1.79. The van der Waals surface area contributed by atoms with Crippen molar-refractivity contribution in [3.8, 4) is 5.69 Å². The lowest BCUT2D eigenvalue weighted by Gasteiger charge is -2.09. The smallest absolute Gasteiger partial charge is 0.207 e. The van der Waals surface area contributed by atoms with Gasteiger partial charge in [-0.25, -0.2) is 9.37 Å². The summed E-state index contributed by atoms with van der Waals surface area (Å²) >= 11 is 0. The molecule has 0 spiro atoms. The van der Waals surface area contributed by atoms with Crippen molar-refractivity contribution in [2.24, 2.45) is 0 Å². The molecule has 0 radical (unpaired) electrons. The summed E-state index contributed by atoms with van der Waals surface area (Å²) in [6.07, 6.45) is 3.48. The monoisotopic (exact) mass is 205 g/mol. The number of aromatic nitrogens is 2. The molecule has 2 rings (SSSR count). The van der Waals surface area contributed by atoms with E-state index in [0.717, 1.165) is 11.3 Å². The van der Waals surface area contributed by atoms with Crippen LogP contribution in [-0.4, -0.2) is 16.6 Å². The van der Waals surface area contributed by atoms with Gasteiger partial charge in [-0.1, -0.05) is 6.07 Å². The highest BCUT2D eigenvalue weighted by atomic mass is 19.1. The number of hydrogen-bond donors (Lipinski definition) is 1. The Morgan fingerprint density at radius 3 is 2.93 bits per heavy atom. The lowest BCUT2D eigenvalue weighted by atomic mass is 10.2. The van der Waals surface area contributed by atoms with Gasteiger partial charge in [0, 0.05) is 19.4 Å². The summed E-state index contributed by atoms with van der Waals surface area (Å²) in [5.74, 6) is 0.454. The fourth-order valence-corrected chi connectivity index (χ4v) is 1.52. The summed E-state index contributed by atoms with van der Waals surface area (Å²) in [5.41, 5.74) is 1.81. The Labute approximate surface area is 87.6 Å². The molecule has 2 aromatic rings. The molecule has 0 aliphatic rings. The van der Waals surface area contributed by atoms with Crippen LogP contribution < -0.4 is 5.32 Å². The van der Waals surface area contributed by atoms with Gasteiger partial charge in [0.2, 0.25) is 5.95 Å². The molecule has 0 aliphatic carbocycles. The van der Waals surface area contributed by atoms with E-state index in [9.17, 15) is 4.39 Å². The Hall–Kier alpha value is -1.84. The maximum atomic E-state index is 13.1. The van der Waals surface area contributed by atoms with Crippen molar-refractivity contribution in [3.05, 3.63) is 42.0 Å². The number of imidazole rings is 1. The van der Waals surface area contributed by atoms with Gasteiger partial charge >= 0.3 is 0 Å². The molecular weight excluding hydrogens is 193 g/mol. The fourth-order valence-electron chi connectivity index (χ4n) is 1.52. The summed E-state index contributed by atoms with van der Waals surface area (Å²) < 4.78 is 14.9. The third-order valence-electron chi connectivity index (χ3n) is 2.30. The highest BCUT2D eigenvalue weighted by molar-refractivity contribution is 5.46. The van der Waals surface area contributed by atoms with Gasteiger partial charge < -0.3 is 5.32 Å². The van der Waals surface area contributed by atoms with Gasteiger partial charge in [-0.3, -0.25) is 4.57 Å². The van der Waals surface area contributed by atoms with Gasteiger partial charge in [-0.2, -0.15) is 0 Å². The molecule has 0 amide bonds. The lowest BCUT2D eigenvalue weighted by Crippen LogP contribution is -2.02. The Morgan fingerprint density at radius 1 is 1.40 bits per heavy atom. The van der Waals surface area contributed by atoms with Crippen LogP contribution in [0.5, 0.6) is 0 Å². The van der Waals surface area contributed by atoms with Gasteiger partial charge in [0.05, 0.1) is 5.69 Å². The minimum absolute atomic E-state index is 0.244. The number of hydrogen-bond acceptors (Lipinski definition) is 2. The van der Waals surface area contributed by atoms with Crippen molar-refractivity contribution in [1.82, 2.24) is 9.55 Å². The Bertz CT molecular complexity index is 476. The normalized spacial score (nSPS) is 10.3. The Morgan fingerprint density at radius 2 is 2.20 bits per heavy atom. The van der Waals surface area contributed by atoms with E-state index in [1.165, 1.54) is 12.1 Å². The van der Waals surface area contributed by atoms with Gasteiger partial charge in [-0.05, 0) is 24.6 Å². The number of nitrogens with zero attached hydrogens (tertiary/aromatic N) is 2. The molecule has 0 saturated heterocycles. The summed E-state index contributed by atoms with van der Waals surface area (Å²) in [4.78, 5) is 4.11. The van der Waals surface area contributed by atoms with E-state index in [4.69, 9.17) is 0 Å². The first-order valence-electron chi connectivity index (χ1n) is 4.70. The third-order valence-corrected chi connectivity index (χ3v) is 2.30. The first-order chi connectivity index (χ1) is 7.22. The summed E-state index contributed by atoms with van der Waals surface area (Å²) in [6, 6.07) is 4.71. The van der Waals surface area contributed by atoms with Gasteiger partial charge in [0.15, 0.2) is 0 Å². The fraction of sp³-hybridized carbons (Fsp3) is 0.182. The summed E-state index contributed by atoms with van der Waals surface area (Å²) in [5, 5.41) is 2.95. The number of halogens is 1. The third kappa shape index (κ3) is 1.70. The van der Waals surface area contributed by atoms with E-state index < -0.39 is 0 Å². The van der Waals surface area contributed by atoms with Crippen LogP contribution >= 0.6 is 0 Å². The molecule has 1 aromatic heterocycles. The second kappa shape index (κ2) is 3.73. The molecule has 0 unspecified atom stereocenters. The molecule has 1 N–H and O–H groups in total. The molecule has 0 fully saturated rings. The van der Waals surface area contributed by atoms with Crippen LogP contribution in [0.4, 0.5) is 10.3 Å². The quantitative estimate of drug-likeness (QED) is 0.815. The van der Waals surface area contributed by atoms with Gasteiger partial charge in [-0.15, -0.1) is 0 Å². The highest BCUT2D eigenvalue weighted by Crippen LogP contribution is 2.19. The maximum Gasteiger partial charge on any atom is 0.207 e. The molecule has 3 nitrogen and oxygen atoms in total. The van der Waals surface area contributed by atoms with Crippen LogP contribution in [0.15, 0.2) is 30.6 Å². The minimum atomic E-state index is -0.244. The Kier molecular flexibility index (Phi) is 2.41. The zero-order valence-electron chi connectivity index (χ0n) is 8.66. The molecular formula is C11H12FN3. The van der Waals surface area contributed by atoms with Crippen LogP contribution in [0.1, 0.15) is 5.56 Å². The second-order valence-electron chi connectivity index (χ2n) is 3.30. The number of aryl methyl sites for hydroxylation is 1. The number of anilines is 1. The maximum absolute atomic E-state index is 13.1. The van der Waals surface area contributed by atoms with E-state index in [1.54, 1.807) is 25.5 Å². The van der Waals surface area contributed by atoms with Crippen molar-refractivity contribution >= 4 is 5.95 Å². The number of benzene rings is 1. The van der Waals surface area contributed by atoms with Crippen molar-refractivity contribution in [2.45, 2.75) is 6.92 Å². The summed E-state index contributed by atoms with van der Waals surface area (Å²) in [6.45, 7) is 1.94. The first kappa shape index (κ1) is 9.71. The standard InChI is InChI=1S/C11H12FN3/c1-8-3-4-9(12)7-10(8)15-6-5-14-11(15)13-2/h3-7H,1-2H3,(H,13,14). The molecule has 0 aliphatic heterocycles. The van der Waals surface area contributed by atoms with Crippen molar-refractivity contribution < 1.29 is 4.39 Å². The van der Waals surface area contributed by atoms with Crippen LogP contribution in [0, 0.1) is 12.7 Å². The van der Waals surface area contributed by atoms with E-state index in [0.29, 0.717) is 5.95 Å². The molecule has 0 bridgehead atoms. The molecule has 15 heavy (non-hydrogen) atoms. The van der Waals surface area contributed by atoms with Crippen molar-refractivity contribution in [2.75, 3.05) is 12.4 Å². The molecule has 0 saturated carbocycles. The van der Waals surface area contributed by atoms with E-state index >= 15 is 0 Å². The van der Waals surface area contributed by atoms with E-state index in [2.05, 4.69) is 10.3 Å². The average Bonchev–Trinajstić information content (AvgIpc) is 2.69.